The lowest BCUT2D eigenvalue weighted by atomic mass is 10.1. The summed E-state index contributed by atoms with van der Waals surface area (Å²) in [4.78, 5) is 15.1. The zero-order valence-electron chi connectivity index (χ0n) is 16.1. The van der Waals surface area contributed by atoms with Crippen LogP contribution in [0.4, 0.5) is 0 Å². The van der Waals surface area contributed by atoms with Gasteiger partial charge in [-0.3, -0.25) is 4.79 Å². The topological polar surface area (TPSA) is 25.2 Å². The van der Waals surface area contributed by atoms with E-state index in [4.69, 9.17) is 23.2 Å². The lowest BCUT2D eigenvalue weighted by molar-refractivity contribution is 0.0667. The molecule has 0 saturated carbocycles. The van der Waals surface area contributed by atoms with Crippen LogP contribution < -0.4 is 0 Å². The van der Waals surface area contributed by atoms with Crippen molar-refractivity contribution in [2.45, 2.75) is 39.4 Å². The van der Waals surface area contributed by atoms with Crippen LogP contribution in [0.25, 0.3) is 0 Å². The van der Waals surface area contributed by atoms with E-state index < -0.39 is 0 Å². The molecule has 28 heavy (non-hydrogen) atoms. The summed E-state index contributed by atoms with van der Waals surface area (Å²) in [6.45, 7) is 5.44. The van der Waals surface area contributed by atoms with Crippen LogP contribution in [0, 0.1) is 0 Å². The van der Waals surface area contributed by atoms with Gasteiger partial charge in [0, 0.05) is 40.1 Å². The SMILES string of the molecule is CCC(C)N(Cc1cccn1Cc1cccc(Cl)c1)C(=O)c1ccc(Cl)cc1. The van der Waals surface area contributed by atoms with Gasteiger partial charge < -0.3 is 9.47 Å². The quantitative estimate of drug-likeness (QED) is 0.446. The summed E-state index contributed by atoms with van der Waals surface area (Å²) < 4.78 is 2.16. The molecule has 0 aliphatic heterocycles. The van der Waals surface area contributed by atoms with Gasteiger partial charge in [-0.25, -0.2) is 0 Å². The first-order valence-electron chi connectivity index (χ1n) is 9.43. The lowest BCUT2D eigenvalue weighted by Crippen LogP contribution is -2.38. The standard InChI is InChI=1S/C23H24Cl2N2O/c1-3-17(2)27(23(28)19-9-11-20(24)12-10-19)16-22-8-5-13-26(22)15-18-6-4-7-21(25)14-18/h4-14,17H,3,15-16H2,1-2H3. The van der Waals surface area contributed by atoms with Gasteiger partial charge in [0.1, 0.15) is 0 Å². The van der Waals surface area contributed by atoms with Gasteiger partial charge >= 0.3 is 0 Å². The van der Waals surface area contributed by atoms with E-state index in [-0.39, 0.29) is 11.9 Å². The highest BCUT2D eigenvalue weighted by Crippen LogP contribution is 2.19. The second-order valence-corrected chi connectivity index (χ2v) is 7.83. The Morgan fingerprint density at radius 3 is 2.46 bits per heavy atom. The number of carbonyl (C=O) groups is 1. The van der Waals surface area contributed by atoms with Crippen LogP contribution in [0.1, 0.15) is 41.9 Å². The Balaban J connectivity index is 1.83. The van der Waals surface area contributed by atoms with Crippen molar-refractivity contribution in [2.75, 3.05) is 0 Å². The van der Waals surface area contributed by atoms with Gasteiger partial charge in [0.15, 0.2) is 0 Å². The summed E-state index contributed by atoms with van der Waals surface area (Å²) in [6, 6.07) is 19.1. The summed E-state index contributed by atoms with van der Waals surface area (Å²) in [5, 5.41) is 1.35. The molecule has 2 aromatic carbocycles. The molecule has 1 atom stereocenters. The van der Waals surface area contributed by atoms with Crippen molar-refractivity contribution >= 4 is 29.1 Å². The summed E-state index contributed by atoms with van der Waals surface area (Å²) in [7, 11) is 0. The average Bonchev–Trinajstić information content (AvgIpc) is 3.12. The smallest absolute Gasteiger partial charge is 0.254 e. The number of carbonyl (C=O) groups excluding carboxylic acids is 1. The van der Waals surface area contributed by atoms with Crippen molar-refractivity contribution in [3.63, 3.8) is 0 Å². The highest BCUT2D eigenvalue weighted by atomic mass is 35.5. The normalized spacial score (nSPS) is 12.0. The van der Waals surface area contributed by atoms with Crippen molar-refractivity contribution in [1.82, 2.24) is 9.47 Å². The predicted octanol–water partition coefficient (Wildman–Crippen LogP) is 6.28. The maximum absolute atomic E-state index is 13.2. The minimum absolute atomic E-state index is 0.0153. The Morgan fingerprint density at radius 2 is 1.79 bits per heavy atom. The molecule has 3 nitrogen and oxygen atoms in total. The fraction of sp³-hybridized carbons (Fsp3) is 0.261. The number of amides is 1. The molecule has 1 aromatic heterocycles. The third kappa shape index (κ3) is 4.98. The molecule has 0 saturated heterocycles. The Kier molecular flexibility index (Phi) is 6.82. The molecule has 0 bridgehead atoms. The van der Waals surface area contributed by atoms with Crippen molar-refractivity contribution in [3.05, 3.63) is 93.7 Å². The third-order valence-corrected chi connectivity index (χ3v) is 5.46. The summed E-state index contributed by atoms with van der Waals surface area (Å²) in [6.07, 6.45) is 2.92. The molecule has 0 radical (unpaired) electrons. The van der Waals surface area contributed by atoms with E-state index >= 15 is 0 Å². The number of aromatic nitrogens is 1. The molecule has 1 heterocycles. The summed E-state index contributed by atoms with van der Waals surface area (Å²) >= 11 is 12.1. The van der Waals surface area contributed by atoms with E-state index in [1.54, 1.807) is 24.3 Å². The van der Waals surface area contributed by atoms with Gasteiger partial charge in [0.2, 0.25) is 0 Å². The Morgan fingerprint density at radius 1 is 1.04 bits per heavy atom. The van der Waals surface area contributed by atoms with Crippen LogP contribution in [0.15, 0.2) is 66.9 Å². The van der Waals surface area contributed by atoms with Crippen molar-refractivity contribution in [3.8, 4) is 0 Å². The first-order chi connectivity index (χ1) is 13.5. The van der Waals surface area contributed by atoms with Crippen LogP contribution >= 0.6 is 23.2 Å². The molecule has 5 heteroatoms. The second kappa shape index (κ2) is 9.31. The molecule has 0 spiro atoms. The Bertz CT molecular complexity index is 934. The Hall–Kier alpha value is -2.23. The van der Waals surface area contributed by atoms with E-state index in [1.165, 1.54) is 0 Å². The molecule has 0 fully saturated rings. The molecule has 0 aliphatic rings. The number of hydrogen-bond donors (Lipinski definition) is 0. The van der Waals surface area contributed by atoms with Gasteiger partial charge in [-0.1, -0.05) is 42.3 Å². The largest absolute Gasteiger partial charge is 0.345 e. The zero-order valence-corrected chi connectivity index (χ0v) is 17.6. The van der Waals surface area contributed by atoms with E-state index in [2.05, 4.69) is 30.5 Å². The molecular formula is C23H24Cl2N2O. The number of nitrogens with zero attached hydrogens (tertiary/aromatic N) is 2. The third-order valence-electron chi connectivity index (χ3n) is 4.97. The maximum atomic E-state index is 13.2. The molecule has 1 amide bonds. The summed E-state index contributed by atoms with van der Waals surface area (Å²) in [5.74, 6) is 0.0153. The fourth-order valence-electron chi connectivity index (χ4n) is 3.16. The van der Waals surface area contributed by atoms with Gasteiger partial charge in [0.05, 0.1) is 6.54 Å². The zero-order chi connectivity index (χ0) is 20.1. The number of benzene rings is 2. The molecule has 0 N–H and O–H groups in total. The van der Waals surface area contributed by atoms with E-state index in [9.17, 15) is 4.79 Å². The van der Waals surface area contributed by atoms with Gasteiger partial charge in [-0.2, -0.15) is 0 Å². The highest BCUT2D eigenvalue weighted by molar-refractivity contribution is 6.30. The van der Waals surface area contributed by atoms with E-state index in [0.29, 0.717) is 23.7 Å². The van der Waals surface area contributed by atoms with Crippen molar-refractivity contribution in [2.24, 2.45) is 0 Å². The van der Waals surface area contributed by atoms with E-state index in [1.807, 2.05) is 35.4 Å². The average molecular weight is 415 g/mol. The lowest BCUT2D eigenvalue weighted by Gasteiger charge is -2.29. The van der Waals surface area contributed by atoms with Crippen molar-refractivity contribution < 1.29 is 4.79 Å². The molecule has 3 rings (SSSR count). The molecular weight excluding hydrogens is 391 g/mol. The summed E-state index contributed by atoms with van der Waals surface area (Å²) in [5.41, 5.74) is 2.87. The van der Waals surface area contributed by atoms with Crippen LogP contribution in [-0.2, 0) is 13.1 Å². The number of rotatable bonds is 7. The van der Waals surface area contributed by atoms with Gasteiger partial charge in [-0.15, -0.1) is 0 Å². The predicted molar refractivity (Wildman–Crippen MR) is 116 cm³/mol. The van der Waals surface area contributed by atoms with Crippen LogP contribution in [0.3, 0.4) is 0 Å². The molecule has 0 aliphatic carbocycles. The van der Waals surface area contributed by atoms with Gasteiger partial charge in [0.25, 0.3) is 5.91 Å². The molecule has 1 unspecified atom stereocenters. The first-order valence-corrected chi connectivity index (χ1v) is 10.2. The second-order valence-electron chi connectivity index (χ2n) is 6.95. The highest BCUT2D eigenvalue weighted by Gasteiger charge is 2.22. The minimum atomic E-state index is 0.0153. The molecule has 146 valence electrons. The van der Waals surface area contributed by atoms with E-state index in [0.717, 1.165) is 22.7 Å². The van der Waals surface area contributed by atoms with Crippen LogP contribution in [0.2, 0.25) is 10.0 Å². The number of hydrogen-bond acceptors (Lipinski definition) is 1. The Labute approximate surface area is 176 Å². The first kappa shape index (κ1) is 20.5. The fourth-order valence-corrected chi connectivity index (χ4v) is 3.50. The van der Waals surface area contributed by atoms with Crippen molar-refractivity contribution in [1.29, 1.82) is 0 Å². The van der Waals surface area contributed by atoms with Crippen LogP contribution in [-0.4, -0.2) is 21.4 Å². The number of halogens is 2. The minimum Gasteiger partial charge on any atom is -0.345 e. The monoisotopic (exact) mass is 414 g/mol. The van der Waals surface area contributed by atoms with Crippen LogP contribution in [0.5, 0.6) is 0 Å². The van der Waals surface area contributed by atoms with Gasteiger partial charge in [-0.05, 0) is 67.4 Å². The maximum Gasteiger partial charge on any atom is 0.254 e. The molecule has 3 aromatic rings.